The van der Waals surface area contributed by atoms with Crippen LogP contribution in [0, 0.1) is 5.82 Å². The van der Waals surface area contributed by atoms with Gasteiger partial charge in [-0.25, -0.2) is 4.39 Å². The summed E-state index contributed by atoms with van der Waals surface area (Å²) in [5.41, 5.74) is 1.11. The van der Waals surface area contributed by atoms with Gasteiger partial charge in [0.05, 0.1) is 21.8 Å². The lowest BCUT2D eigenvalue weighted by Crippen LogP contribution is -2.41. The maximum atomic E-state index is 14.4. The molecular formula is C22H27BFNO3S. The molecule has 0 saturated carbocycles. The van der Waals surface area contributed by atoms with Gasteiger partial charge in [-0.1, -0.05) is 13.0 Å². The molecule has 1 amide bonds. The molecule has 1 saturated heterocycles. The van der Waals surface area contributed by atoms with Crippen LogP contribution >= 0.6 is 11.3 Å². The number of carbonyl (C=O) groups excluding carboxylic acids is 1. The Morgan fingerprint density at radius 1 is 1.21 bits per heavy atom. The van der Waals surface area contributed by atoms with Crippen molar-refractivity contribution >= 4 is 35.5 Å². The van der Waals surface area contributed by atoms with Crippen molar-refractivity contribution in [3.05, 3.63) is 45.4 Å². The summed E-state index contributed by atoms with van der Waals surface area (Å²) in [6, 6.07) is 6.54. The average molecular weight is 415 g/mol. The number of amides is 1. The Labute approximate surface area is 175 Å². The molecule has 0 unspecified atom stereocenters. The van der Waals surface area contributed by atoms with Crippen LogP contribution in [0.3, 0.4) is 0 Å². The first-order chi connectivity index (χ1) is 13.6. The van der Waals surface area contributed by atoms with Crippen molar-refractivity contribution < 1.29 is 18.5 Å². The third kappa shape index (κ3) is 3.76. The van der Waals surface area contributed by atoms with Crippen LogP contribution in [0.4, 0.5) is 10.1 Å². The van der Waals surface area contributed by atoms with E-state index in [0.717, 1.165) is 19.3 Å². The lowest BCUT2D eigenvalue weighted by molar-refractivity contribution is 0.00578. The number of rotatable bonds is 3. The van der Waals surface area contributed by atoms with E-state index in [-0.39, 0.29) is 11.6 Å². The first-order valence-electron chi connectivity index (χ1n) is 10.2. The lowest BCUT2D eigenvalue weighted by Gasteiger charge is -2.32. The second-order valence-corrected chi connectivity index (χ2v) is 10.2. The zero-order chi connectivity index (χ0) is 21.0. The predicted molar refractivity (Wildman–Crippen MR) is 116 cm³/mol. The van der Waals surface area contributed by atoms with Gasteiger partial charge >= 0.3 is 7.12 Å². The van der Waals surface area contributed by atoms with Crippen molar-refractivity contribution in [3.63, 3.8) is 0 Å². The normalized spacial score (nSPS) is 22.4. The molecule has 7 heteroatoms. The van der Waals surface area contributed by atoms with Crippen molar-refractivity contribution in [3.8, 4) is 0 Å². The Balaban J connectivity index is 1.55. The van der Waals surface area contributed by atoms with E-state index in [1.54, 1.807) is 12.1 Å². The number of fused-ring (bicyclic) bond motifs is 1. The number of aryl methyl sites for hydroxylation is 1. The lowest BCUT2D eigenvalue weighted by atomic mass is 9.79. The number of carbonyl (C=O) groups is 1. The van der Waals surface area contributed by atoms with Crippen molar-refractivity contribution in [2.45, 2.75) is 71.0 Å². The first-order valence-corrected chi connectivity index (χ1v) is 11.0. The number of hydrogen-bond donors (Lipinski definition) is 1. The Hall–Kier alpha value is -1.70. The van der Waals surface area contributed by atoms with Crippen LogP contribution < -0.4 is 10.8 Å². The summed E-state index contributed by atoms with van der Waals surface area (Å²) in [7, 11) is -0.605. The monoisotopic (exact) mass is 415 g/mol. The van der Waals surface area contributed by atoms with E-state index in [0.29, 0.717) is 16.3 Å². The van der Waals surface area contributed by atoms with Gasteiger partial charge in [0.15, 0.2) is 0 Å². The number of nitrogens with one attached hydrogen (secondary N) is 1. The van der Waals surface area contributed by atoms with Crippen LogP contribution in [-0.2, 0) is 15.7 Å². The third-order valence-corrected chi connectivity index (χ3v) is 7.77. The highest BCUT2D eigenvalue weighted by Gasteiger charge is 2.51. The van der Waals surface area contributed by atoms with Crippen molar-refractivity contribution in [2.24, 2.45) is 0 Å². The van der Waals surface area contributed by atoms with Crippen molar-refractivity contribution in [1.29, 1.82) is 0 Å². The first kappa shape index (κ1) is 20.6. The van der Waals surface area contributed by atoms with Gasteiger partial charge in [-0.05, 0) is 82.1 Å². The Bertz CT molecular complexity index is 940. The van der Waals surface area contributed by atoms with Gasteiger partial charge in [0.1, 0.15) is 5.82 Å². The van der Waals surface area contributed by atoms with E-state index < -0.39 is 24.1 Å². The smallest absolute Gasteiger partial charge is 0.399 e. The molecule has 1 aromatic heterocycles. The fraction of sp³-hybridized carbons (Fsp3) is 0.500. The van der Waals surface area contributed by atoms with Crippen molar-refractivity contribution in [2.75, 3.05) is 5.32 Å². The fourth-order valence-corrected chi connectivity index (χ4v) is 5.04. The molecule has 4 nitrogen and oxygen atoms in total. The number of thiophene rings is 1. The maximum Gasteiger partial charge on any atom is 0.494 e. The molecule has 1 atom stereocenters. The van der Waals surface area contributed by atoms with Crippen molar-refractivity contribution in [1.82, 2.24) is 0 Å². The number of anilines is 1. The second-order valence-electron chi connectivity index (χ2n) is 9.08. The molecular weight excluding hydrogens is 388 g/mol. The molecule has 29 heavy (non-hydrogen) atoms. The molecule has 0 radical (unpaired) electrons. The van der Waals surface area contributed by atoms with Gasteiger partial charge in [-0.2, -0.15) is 0 Å². The van der Waals surface area contributed by atoms with Crippen LogP contribution in [0.15, 0.2) is 24.3 Å². The molecule has 2 aliphatic rings. The quantitative estimate of drug-likeness (QED) is 0.727. The number of halogens is 1. The predicted octanol–water partition coefficient (Wildman–Crippen LogP) is 4.88. The number of hydrogen-bond acceptors (Lipinski definition) is 4. The molecule has 2 aromatic rings. The van der Waals surface area contributed by atoms with E-state index in [2.05, 4.69) is 12.2 Å². The van der Waals surface area contributed by atoms with Crippen LogP contribution in [0.1, 0.15) is 73.5 Å². The zero-order valence-corrected chi connectivity index (χ0v) is 18.4. The molecule has 1 N–H and O–H groups in total. The van der Waals surface area contributed by atoms with Gasteiger partial charge in [0.2, 0.25) is 0 Å². The molecule has 0 spiro atoms. The van der Waals surface area contributed by atoms with Gasteiger partial charge in [-0.3, -0.25) is 4.79 Å². The molecule has 0 bridgehead atoms. The van der Waals surface area contributed by atoms with E-state index in [1.165, 1.54) is 27.8 Å². The maximum absolute atomic E-state index is 14.4. The Kier molecular flexibility index (Phi) is 5.12. The van der Waals surface area contributed by atoms with Gasteiger partial charge in [0, 0.05) is 4.88 Å². The second kappa shape index (κ2) is 7.22. The van der Waals surface area contributed by atoms with Crippen LogP contribution in [0.5, 0.6) is 0 Å². The molecule has 2 heterocycles. The topological polar surface area (TPSA) is 47.6 Å². The Morgan fingerprint density at radius 3 is 2.55 bits per heavy atom. The van der Waals surface area contributed by atoms with E-state index in [4.69, 9.17) is 9.31 Å². The van der Waals surface area contributed by atoms with E-state index in [1.807, 2.05) is 33.8 Å². The average Bonchev–Trinajstić information content (AvgIpc) is 3.16. The Morgan fingerprint density at radius 2 is 1.90 bits per heavy atom. The van der Waals surface area contributed by atoms with Gasteiger partial charge in [-0.15, -0.1) is 11.3 Å². The van der Waals surface area contributed by atoms with Crippen LogP contribution in [0.2, 0.25) is 0 Å². The van der Waals surface area contributed by atoms with E-state index >= 15 is 0 Å². The van der Waals surface area contributed by atoms with Crippen LogP contribution in [-0.4, -0.2) is 24.2 Å². The highest BCUT2D eigenvalue weighted by Crippen LogP contribution is 2.38. The summed E-state index contributed by atoms with van der Waals surface area (Å²) in [4.78, 5) is 14.7. The zero-order valence-electron chi connectivity index (χ0n) is 17.6. The molecule has 1 aliphatic carbocycles. The van der Waals surface area contributed by atoms with Gasteiger partial charge < -0.3 is 14.6 Å². The van der Waals surface area contributed by atoms with Gasteiger partial charge in [0.25, 0.3) is 5.91 Å². The summed E-state index contributed by atoms with van der Waals surface area (Å²) in [6.45, 7) is 10.1. The molecule has 1 aliphatic heterocycles. The third-order valence-electron chi connectivity index (χ3n) is 6.36. The highest BCUT2D eigenvalue weighted by atomic mass is 32.1. The fourth-order valence-electron chi connectivity index (χ4n) is 3.85. The number of benzene rings is 1. The summed E-state index contributed by atoms with van der Waals surface area (Å²) >= 11 is 1.52. The highest BCUT2D eigenvalue weighted by molar-refractivity contribution is 7.14. The van der Waals surface area contributed by atoms with Crippen LogP contribution in [0.25, 0.3) is 0 Å². The summed E-state index contributed by atoms with van der Waals surface area (Å²) < 4.78 is 26.5. The summed E-state index contributed by atoms with van der Waals surface area (Å²) in [5, 5.41) is 2.74. The minimum Gasteiger partial charge on any atom is -0.399 e. The standard InChI is InChI=1S/C22H27BFNO3S/c1-13-7-6-8-14-11-18(29-19(13)14)20(26)25-17-12-15(9-10-16(17)24)23-27-21(2,3)22(4,5)28-23/h9-13H,6-8H2,1-5H3,(H,25,26)/t13-/m0/s1. The molecule has 4 rings (SSSR count). The largest absolute Gasteiger partial charge is 0.494 e. The minimum atomic E-state index is -0.605. The molecule has 154 valence electrons. The molecule has 1 aromatic carbocycles. The van der Waals surface area contributed by atoms with E-state index in [9.17, 15) is 9.18 Å². The summed E-state index contributed by atoms with van der Waals surface area (Å²) in [6.07, 6.45) is 3.31. The SMILES string of the molecule is C[C@H]1CCCc2cc(C(=O)Nc3cc(B4OC(C)(C)C(C)(C)O4)ccc3F)sc21. The summed E-state index contributed by atoms with van der Waals surface area (Å²) in [5.74, 6) is -0.274. The molecule has 1 fully saturated rings. The minimum absolute atomic E-state index is 0.140.